The second-order valence-corrected chi connectivity index (χ2v) is 4.72. The first-order valence-electron chi connectivity index (χ1n) is 6.24. The van der Waals surface area contributed by atoms with Gasteiger partial charge in [0.25, 0.3) is 11.6 Å². The minimum Gasteiger partial charge on any atom is -0.348 e. The van der Waals surface area contributed by atoms with Crippen LogP contribution in [0, 0.1) is 10.1 Å². The van der Waals surface area contributed by atoms with Crippen LogP contribution in [0.2, 0.25) is 5.02 Å². The second-order valence-electron chi connectivity index (χ2n) is 4.31. The van der Waals surface area contributed by atoms with Crippen molar-refractivity contribution < 1.29 is 9.72 Å². The van der Waals surface area contributed by atoms with Crippen molar-refractivity contribution in [1.82, 2.24) is 15.1 Å². The largest absolute Gasteiger partial charge is 0.348 e. The lowest BCUT2D eigenvalue weighted by Gasteiger charge is -2.04. The van der Waals surface area contributed by atoms with E-state index in [9.17, 15) is 14.9 Å². The maximum absolute atomic E-state index is 12.0. The van der Waals surface area contributed by atoms with Gasteiger partial charge in [0.05, 0.1) is 11.1 Å². The summed E-state index contributed by atoms with van der Waals surface area (Å²) in [6.07, 6.45) is 3.48. The van der Waals surface area contributed by atoms with Gasteiger partial charge in [-0.2, -0.15) is 5.10 Å². The number of nitro groups is 1. The van der Waals surface area contributed by atoms with E-state index in [-0.39, 0.29) is 16.3 Å². The van der Waals surface area contributed by atoms with E-state index in [0.29, 0.717) is 6.54 Å². The summed E-state index contributed by atoms with van der Waals surface area (Å²) in [6, 6.07) is 3.94. The number of amides is 1. The molecule has 0 aliphatic carbocycles. The zero-order valence-electron chi connectivity index (χ0n) is 11.2. The molecule has 8 heteroatoms. The lowest BCUT2D eigenvalue weighted by molar-refractivity contribution is -0.384. The summed E-state index contributed by atoms with van der Waals surface area (Å²) in [5.41, 5.74) is 0.755. The molecule has 1 aromatic carbocycles. The Kier molecular flexibility index (Phi) is 4.54. The molecule has 0 atom stereocenters. The number of halogens is 1. The first-order chi connectivity index (χ1) is 10.0. The number of nitrogens with zero attached hydrogens (tertiary/aromatic N) is 3. The molecule has 0 fully saturated rings. The lowest BCUT2D eigenvalue weighted by Crippen LogP contribution is -2.22. The topological polar surface area (TPSA) is 90.1 Å². The van der Waals surface area contributed by atoms with Gasteiger partial charge in [0.1, 0.15) is 5.02 Å². The number of hydrogen-bond donors (Lipinski definition) is 1. The van der Waals surface area contributed by atoms with Crippen molar-refractivity contribution in [3.8, 4) is 0 Å². The third-order valence-corrected chi connectivity index (χ3v) is 3.19. The van der Waals surface area contributed by atoms with Crippen LogP contribution in [-0.2, 0) is 13.1 Å². The van der Waals surface area contributed by atoms with Crippen molar-refractivity contribution in [3.63, 3.8) is 0 Å². The molecule has 0 aliphatic heterocycles. The van der Waals surface area contributed by atoms with Crippen LogP contribution < -0.4 is 5.32 Å². The molecule has 110 valence electrons. The summed E-state index contributed by atoms with van der Waals surface area (Å²) in [5.74, 6) is -0.404. The van der Waals surface area contributed by atoms with Gasteiger partial charge >= 0.3 is 0 Å². The molecule has 0 aliphatic rings. The molecule has 0 radical (unpaired) electrons. The monoisotopic (exact) mass is 308 g/mol. The Bertz CT molecular complexity index is 684. The first-order valence-corrected chi connectivity index (χ1v) is 6.62. The lowest BCUT2D eigenvalue weighted by atomic mass is 10.2. The second kappa shape index (κ2) is 6.36. The van der Waals surface area contributed by atoms with Crippen LogP contribution in [0.15, 0.2) is 30.6 Å². The average molecular weight is 309 g/mol. The van der Waals surface area contributed by atoms with E-state index in [0.717, 1.165) is 18.2 Å². The molecule has 2 rings (SSSR count). The molecule has 1 heterocycles. The minimum atomic E-state index is -0.621. The van der Waals surface area contributed by atoms with Gasteiger partial charge in [-0.1, -0.05) is 11.6 Å². The molecule has 1 N–H and O–H groups in total. The standard InChI is InChI=1S/C13H13ClN4O3/c1-2-17-8-9(7-16-17)6-15-13(19)10-3-4-11(14)12(5-10)18(20)21/h3-5,7-8H,2,6H2,1H3,(H,15,19). The van der Waals surface area contributed by atoms with Gasteiger partial charge < -0.3 is 5.32 Å². The van der Waals surface area contributed by atoms with E-state index < -0.39 is 10.8 Å². The quantitative estimate of drug-likeness (QED) is 0.678. The van der Waals surface area contributed by atoms with Crippen molar-refractivity contribution >= 4 is 23.2 Å². The molecule has 1 amide bonds. The molecule has 2 aromatic rings. The summed E-state index contributed by atoms with van der Waals surface area (Å²) in [4.78, 5) is 22.1. The van der Waals surface area contributed by atoms with Crippen LogP contribution in [0.4, 0.5) is 5.69 Å². The fourth-order valence-electron chi connectivity index (χ4n) is 1.75. The maximum atomic E-state index is 12.0. The minimum absolute atomic E-state index is 0.000715. The number of nitrogens with one attached hydrogen (secondary N) is 1. The number of carbonyl (C=O) groups is 1. The summed E-state index contributed by atoms with van der Waals surface area (Å²) >= 11 is 5.70. The molecule has 1 aromatic heterocycles. The summed E-state index contributed by atoms with van der Waals surface area (Å²) in [7, 11) is 0. The van der Waals surface area contributed by atoms with Gasteiger partial charge in [-0.05, 0) is 19.1 Å². The molecular weight excluding hydrogens is 296 g/mol. The Labute approximate surface area is 125 Å². The smallest absolute Gasteiger partial charge is 0.288 e. The molecule has 0 unspecified atom stereocenters. The number of aryl methyl sites for hydroxylation is 1. The van der Waals surface area contributed by atoms with Gasteiger partial charge in [0.15, 0.2) is 0 Å². The Balaban J connectivity index is 2.06. The molecule has 21 heavy (non-hydrogen) atoms. The van der Waals surface area contributed by atoms with Crippen LogP contribution in [0.5, 0.6) is 0 Å². The van der Waals surface area contributed by atoms with Gasteiger partial charge in [-0.25, -0.2) is 0 Å². The highest BCUT2D eigenvalue weighted by Gasteiger charge is 2.16. The highest BCUT2D eigenvalue weighted by Crippen LogP contribution is 2.24. The normalized spacial score (nSPS) is 10.4. The molecule has 0 spiro atoms. The Hall–Kier alpha value is -2.41. The van der Waals surface area contributed by atoms with Crippen molar-refractivity contribution in [2.24, 2.45) is 0 Å². The molecule has 0 saturated carbocycles. The number of aromatic nitrogens is 2. The Morgan fingerprint density at radius 3 is 2.90 bits per heavy atom. The predicted octanol–water partition coefficient (Wildman–Crippen LogP) is 2.39. The van der Waals surface area contributed by atoms with Crippen LogP contribution in [0.3, 0.4) is 0 Å². The summed E-state index contributed by atoms with van der Waals surface area (Å²) in [6.45, 7) is 3.01. The highest BCUT2D eigenvalue weighted by molar-refractivity contribution is 6.32. The van der Waals surface area contributed by atoms with E-state index in [1.54, 1.807) is 10.9 Å². The highest BCUT2D eigenvalue weighted by atomic mass is 35.5. The zero-order chi connectivity index (χ0) is 15.4. The van der Waals surface area contributed by atoms with Gasteiger partial charge in [-0.15, -0.1) is 0 Å². The van der Waals surface area contributed by atoms with Crippen molar-refractivity contribution in [2.45, 2.75) is 20.0 Å². The zero-order valence-corrected chi connectivity index (χ0v) is 12.0. The number of benzene rings is 1. The number of hydrogen-bond acceptors (Lipinski definition) is 4. The maximum Gasteiger partial charge on any atom is 0.288 e. The third kappa shape index (κ3) is 3.57. The summed E-state index contributed by atoms with van der Waals surface area (Å²) < 4.78 is 1.74. The van der Waals surface area contributed by atoms with Gasteiger partial charge in [0.2, 0.25) is 0 Å². The van der Waals surface area contributed by atoms with Crippen LogP contribution in [-0.4, -0.2) is 20.6 Å². The van der Waals surface area contributed by atoms with Gasteiger partial charge in [0, 0.05) is 36.5 Å². The van der Waals surface area contributed by atoms with Crippen molar-refractivity contribution in [1.29, 1.82) is 0 Å². The number of nitro benzene ring substituents is 1. The van der Waals surface area contributed by atoms with E-state index in [1.165, 1.54) is 12.1 Å². The molecule has 0 saturated heterocycles. The first kappa shape index (κ1) is 15.0. The van der Waals surface area contributed by atoms with Gasteiger partial charge in [-0.3, -0.25) is 19.6 Å². The third-order valence-electron chi connectivity index (χ3n) is 2.87. The molecular formula is C13H13ClN4O3. The predicted molar refractivity (Wildman–Crippen MR) is 77.2 cm³/mol. The average Bonchev–Trinajstić information content (AvgIpc) is 2.93. The van der Waals surface area contributed by atoms with Crippen molar-refractivity contribution in [2.75, 3.05) is 0 Å². The Morgan fingerprint density at radius 1 is 1.52 bits per heavy atom. The molecule has 0 bridgehead atoms. The SMILES string of the molecule is CCn1cc(CNC(=O)c2ccc(Cl)c([N+](=O)[O-])c2)cn1. The fraction of sp³-hybridized carbons (Fsp3) is 0.231. The van der Waals surface area contributed by atoms with E-state index in [4.69, 9.17) is 11.6 Å². The van der Waals surface area contributed by atoms with Crippen molar-refractivity contribution in [3.05, 3.63) is 56.9 Å². The fourth-order valence-corrected chi connectivity index (χ4v) is 1.94. The van der Waals surface area contributed by atoms with Crippen LogP contribution in [0.25, 0.3) is 0 Å². The number of carbonyl (C=O) groups excluding carboxylic acids is 1. The van der Waals surface area contributed by atoms with Crippen LogP contribution in [0.1, 0.15) is 22.8 Å². The number of rotatable bonds is 5. The van der Waals surface area contributed by atoms with E-state index in [1.807, 2.05) is 13.1 Å². The van der Waals surface area contributed by atoms with Crippen LogP contribution >= 0.6 is 11.6 Å². The Morgan fingerprint density at radius 2 is 2.29 bits per heavy atom. The van der Waals surface area contributed by atoms with E-state index >= 15 is 0 Å². The molecule has 7 nitrogen and oxygen atoms in total. The van der Waals surface area contributed by atoms with E-state index in [2.05, 4.69) is 10.4 Å². The summed E-state index contributed by atoms with van der Waals surface area (Å²) in [5, 5.41) is 17.6.